The molecule has 0 bridgehead atoms. The summed E-state index contributed by atoms with van der Waals surface area (Å²) in [5, 5.41) is 12.8. The smallest absolute Gasteiger partial charge is 0.181 e. The molecule has 1 saturated carbocycles. The van der Waals surface area contributed by atoms with Crippen LogP contribution in [0.1, 0.15) is 31.5 Å². The molecule has 0 saturated heterocycles. The molecule has 7 nitrogen and oxygen atoms in total. The Balaban J connectivity index is 1.51. The van der Waals surface area contributed by atoms with Crippen molar-refractivity contribution in [2.75, 3.05) is 0 Å². The average molecular weight is 392 g/mol. The van der Waals surface area contributed by atoms with E-state index in [9.17, 15) is 4.21 Å². The van der Waals surface area contributed by atoms with Crippen LogP contribution in [0.25, 0.3) is 28.1 Å². The second kappa shape index (κ2) is 6.94. The highest BCUT2D eigenvalue weighted by molar-refractivity contribution is 7.85. The summed E-state index contributed by atoms with van der Waals surface area (Å²) < 4.78 is 14.6. The lowest BCUT2D eigenvalue weighted by atomic mass is 10.2. The summed E-state index contributed by atoms with van der Waals surface area (Å²) in [7, 11) is -0.996. The number of rotatable bonds is 4. The van der Waals surface area contributed by atoms with Gasteiger partial charge in [-0.3, -0.25) is 9.31 Å². The largest absolute Gasteiger partial charge is 0.263 e. The van der Waals surface area contributed by atoms with E-state index in [0.29, 0.717) is 5.82 Å². The van der Waals surface area contributed by atoms with Crippen LogP contribution in [-0.4, -0.2) is 39.4 Å². The third-order valence-electron chi connectivity index (χ3n) is 5.17. The second-order valence-corrected chi connectivity index (χ2v) is 8.87. The van der Waals surface area contributed by atoms with Gasteiger partial charge in [0.2, 0.25) is 0 Å². The van der Waals surface area contributed by atoms with Gasteiger partial charge >= 0.3 is 0 Å². The van der Waals surface area contributed by atoms with Crippen LogP contribution in [0.15, 0.2) is 47.6 Å². The number of aryl methyl sites for hydroxylation is 1. The minimum Gasteiger partial charge on any atom is -0.263 e. The first kappa shape index (κ1) is 17.2. The number of aromatic amines is 1. The van der Waals surface area contributed by atoms with Crippen molar-refractivity contribution in [3.8, 4) is 17.1 Å². The van der Waals surface area contributed by atoms with Crippen LogP contribution in [0.2, 0.25) is 0 Å². The van der Waals surface area contributed by atoms with E-state index in [1.54, 1.807) is 17.1 Å². The van der Waals surface area contributed by atoms with Gasteiger partial charge in [-0.05, 0) is 38.0 Å². The van der Waals surface area contributed by atoms with E-state index in [0.717, 1.165) is 45.8 Å². The van der Waals surface area contributed by atoms with E-state index >= 15 is 0 Å². The molecule has 28 heavy (non-hydrogen) atoms. The number of benzene rings is 1. The first-order valence-electron chi connectivity index (χ1n) is 9.43. The van der Waals surface area contributed by atoms with Gasteiger partial charge in [-0.1, -0.05) is 25.0 Å². The highest BCUT2D eigenvalue weighted by Gasteiger charge is 2.23. The summed E-state index contributed by atoms with van der Waals surface area (Å²) >= 11 is 0. The highest BCUT2D eigenvalue weighted by Crippen LogP contribution is 2.28. The summed E-state index contributed by atoms with van der Waals surface area (Å²) in [5.41, 5.74) is 2.53. The van der Waals surface area contributed by atoms with E-state index in [1.165, 1.54) is 12.8 Å². The zero-order valence-electron chi connectivity index (χ0n) is 15.5. The normalized spacial score (nSPS) is 16.0. The molecule has 142 valence electrons. The Morgan fingerprint density at radius 1 is 1.18 bits per heavy atom. The highest BCUT2D eigenvalue weighted by atomic mass is 32.2. The first-order valence-corrected chi connectivity index (χ1v) is 10.6. The van der Waals surface area contributed by atoms with Crippen LogP contribution < -0.4 is 0 Å². The fourth-order valence-corrected chi connectivity index (χ4v) is 5.29. The predicted octanol–water partition coefficient (Wildman–Crippen LogP) is 3.56. The van der Waals surface area contributed by atoms with Gasteiger partial charge < -0.3 is 0 Å². The Labute approximate surface area is 164 Å². The topological polar surface area (TPSA) is 89.3 Å². The second-order valence-electron chi connectivity index (χ2n) is 7.14. The third kappa shape index (κ3) is 3.03. The molecule has 1 N–H and O–H groups in total. The van der Waals surface area contributed by atoms with Gasteiger partial charge in [0.25, 0.3) is 0 Å². The third-order valence-corrected chi connectivity index (χ3v) is 6.93. The quantitative estimate of drug-likeness (QED) is 0.573. The van der Waals surface area contributed by atoms with Crippen molar-refractivity contribution in [2.24, 2.45) is 0 Å². The van der Waals surface area contributed by atoms with Crippen molar-refractivity contribution in [1.29, 1.82) is 0 Å². The van der Waals surface area contributed by atoms with Gasteiger partial charge in [0, 0.05) is 22.4 Å². The maximum Gasteiger partial charge on any atom is 0.181 e. The molecule has 1 atom stereocenters. The zero-order valence-corrected chi connectivity index (χ0v) is 16.3. The van der Waals surface area contributed by atoms with Crippen LogP contribution in [0.4, 0.5) is 0 Å². The Hall–Kier alpha value is -2.87. The zero-order chi connectivity index (χ0) is 19.1. The van der Waals surface area contributed by atoms with Crippen LogP contribution >= 0.6 is 0 Å². The van der Waals surface area contributed by atoms with Crippen molar-refractivity contribution in [3.63, 3.8) is 0 Å². The number of aromatic nitrogens is 6. The maximum absolute atomic E-state index is 12.8. The molecule has 1 aliphatic carbocycles. The standard InChI is InChI=1S/C20H20N6OS/c1-13-23-19(25-24-13)14-5-4-6-16(9-14)26-20-15(11-22-26)10-18(12-21-20)28(27)17-7-2-3-8-17/h4-6,9-12,17H,2-3,7-8H2,1H3,(H,23,24,25). The summed E-state index contributed by atoms with van der Waals surface area (Å²) in [6.07, 6.45) is 7.93. The predicted molar refractivity (Wildman–Crippen MR) is 108 cm³/mol. The number of hydrogen-bond donors (Lipinski definition) is 1. The Morgan fingerprint density at radius 2 is 2.04 bits per heavy atom. The number of pyridine rings is 1. The van der Waals surface area contributed by atoms with Crippen LogP contribution in [-0.2, 0) is 10.8 Å². The molecule has 1 aliphatic rings. The minimum absolute atomic E-state index is 0.260. The number of nitrogens with zero attached hydrogens (tertiary/aromatic N) is 5. The van der Waals surface area contributed by atoms with Crippen LogP contribution in [0.3, 0.4) is 0 Å². The fourth-order valence-electron chi connectivity index (χ4n) is 3.74. The van der Waals surface area contributed by atoms with Crippen molar-refractivity contribution < 1.29 is 4.21 Å². The Morgan fingerprint density at radius 3 is 2.82 bits per heavy atom. The summed E-state index contributed by atoms with van der Waals surface area (Å²) in [4.78, 5) is 9.77. The van der Waals surface area contributed by atoms with Crippen LogP contribution in [0.5, 0.6) is 0 Å². The SMILES string of the molecule is Cc1nc(-c2cccc(-n3ncc4cc(S(=O)C5CCCC5)cnc43)c2)n[nH]1. The monoisotopic (exact) mass is 392 g/mol. The Bertz CT molecular complexity index is 1170. The molecule has 3 aromatic heterocycles. The lowest BCUT2D eigenvalue weighted by Crippen LogP contribution is -2.10. The van der Waals surface area contributed by atoms with E-state index in [2.05, 4.69) is 25.3 Å². The molecule has 1 aromatic carbocycles. The first-order chi connectivity index (χ1) is 13.7. The van der Waals surface area contributed by atoms with E-state index in [1.807, 2.05) is 37.3 Å². The summed E-state index contributed by atoms with van der Waals surface area (Å²) in [5.74, 6) is 1.42. The van der Waals surface area contributed by atoms with Gasteiger partial charge in [-0.15, -0.1) is 0 Å². The van der Waals surface area contributed by atoms with Gasteiger partial charge in [0.15, 0.2) is 11.5 Å². The fraction of sp³-hybridized carbons (Fsp3) is 0.300. The van der Waals surface area contributed by atoms with Crippen molar-refractivity contribution in [1.82, 2.24) is 29.9 Å². The van der Waals surface area contributed by atoms with Gasteiger partial charge in [-0.25, -0.2) is 14.6 Å². The molecular formula is C20H20N6OS. The summed E-state index contributed by atoms with van der Waals surface area (Å²) in [6.45, 7) is 1.87. The van der Waals surface area contributed by atoms with E-state index in [4.69, 9.17) is 0 Å². The molecule has 5 rings (SSSR count). The van der Waals surface area contributed by atoms with Gasteiger partial charge in [-0.2, -0.15) is 10.2 Å². The molecule has 0 spiro atoms. The van der Waals surface area contributed by atoms with Crippen molar-refractivity contribution in [3.05, 3.63) is 48.5 Å². The molecule has 0 radical (unpaired) electrons. The number of hydrogen-bond acceptors (Lipinski definition) is 5. The number of H-pyrrole nitrogens is 1. The lowest BCUT2D eigenvalue weighted by molar-refractivity contribution is 0.669. The van der Waals surface area contributed by atoms with Gasteiger partial charge in [0.05, 0.1) is 27.6 Å². The van der Waals surface area contributed by atoms with E-state index in [-0.39, 0.29) is 5.25 Å². The molecule has 0 aliphatic heterocycles. The Kier molecular flexibility index (Phi) is 4.27. The molecule has 8 heteroatoms. The minimum atomic E-state index is -0.996. The molecule has 3 heterocycles. The van der Waals surface area contributed by atoms with Crippen molar-refractivity contribution >= 4 is 21.8 Å². The number of nitrogens with one attached hydrogen (secondary N) is 1. The maximum atomic E-state index is 12.8. The van der Waals surface area contributed by atoms with Gasteiger partial charge in [0.1, 0.15) is 5.82 Å². The molecule has 1 fully saturated rings. The molecule has 4 aromatic rings. The molecular weight excluding hydrogens is 372 g/mol. The molecule has 1 unspecified atom stereocenters. The van der Waals surface area contributed by atoms with Crippen LogP contribution in [0, 0.1) is 6.92 Å². The van der Waals surface area contributed by atoms with E-state index < -0.39 is 10.8 Å². The average Bonchev–Trinajstić information content (AvgIpc) is 3.47. The summed E-state index contributed by atoms with van der Waals surface area (Å²) in [6, 6.07) is 9.84. The number of fused-ring (bicyclic) bond motifs is 1. The molecule has 0 amide bonds. The lowest BCUT2D eigenvalue weighted by Gasteiger charge is -2.09. The van der Waals surface area contributed by atoms with Crippen molar-refractivity contribution in [2.45, 2.75) is 42.8 Å².